The molecule has 1 atom stereocenters. The van der Waals surface area contributed by atoms with Crippen LogP contribution in [0.15, 0.2) is 24.7 Å². The van der Waals surface area contributed by atoms with Gasteiger partial charge in [-0.05, 0) is 25.0 Å². The lowest BCUT2D eigenvalue weighted by atomic mass is 10.2. The number of hydrogen-bond donors (Lipinski definition) is 1. The monoisotopic (exact) mass is 272 g/mol. The molecule has 106 valence electrons. The Morgan fingerprint density at radius 2 is 2.25 bits per heavy atom. The lowest BCUT2D eigenvalue weighted by Gasteiger charge is -2.23. The average molecular weight is 272 g/mol. The molecule has 3 heterocycles. The number of ether oxygens (including phenoxy) is 1. The fraction of sp³-hybridized carbons (Fsp3) is 0.467. The van der Waals surface area contributed by atoms with Crippen LogP contribution in [-0.4, -0.2) is 21.1 Å². The van der Waals surface area contributed by atoms with Gasteiger partial charge in [0, 0.05) is 25.5 Å². The molecule has 1 aliphatic heterocycles. The van der Waals surface area contributed by atoms with Crippen molar-refractivity contribution in [3.8, 4) is 0 Å². The molecule has 1 aliphatic rings. The Morgan fingerprint density at radius 1 is 1.35 bits per heavy atom. The molecule has 0 aromatic carbocycles. The first-order valence-electron chi connectivity index (χ1n) is 7.00. The summed E-state index contributed by atoms with van der Waals surface area (Å²) in [7, 11) is 0. The van der Waals surface area contributed by atoms with Gasteiger partial charge in [0.2, 0.25) is 0 Å². The maximum absolute atomic E-state index is 5.80. The number of nitrogens with zero attached hydrogens (tertiary/aromatic N) is 3. The molecule has 0 aliphatic carbocycles. The lowest BCUT2D eigenvalue weighted by Crippen LogP contribution is -2.32. The third-order valence-corrected chi connectivity index (χ3v) is 3.59. The first-order chi connectivity index (χ1) is 9.74. The van der Waals surface area contributed by atoms with Gasteiger partial charge in [-0.25, -0.2) is 4.98 Å². The predicted octanol–water partition coefficient (Wildman–Crippen LogP) is 1.97. The Bertz CT molecular complexity index is 593. The van der Waals surface area contributed by atoms with Crippen molar-refractivity contribution in [2.45, 2.75) is 39.6 Å². The molecule has 5 heteroatoms. The Balaban J connectivity index is 1.62. The van der Waals surface area contributed by atoms with Gasteiger partial charge in [0.25, 0.3) is 0 Å². The summed E-state index contributed by atoms with van der Waals surface area (Å²) in [4.78, 5) is 8.66. The molecule has 1 N–H and O–H groups in total. The smallest absolute Gasteiger partial charge is 0.125 e. The van der Waals surface area contributed by atoms with Crippen LogP contribution < -0.4 is 5.32 Å². The molecule has 3 rings (SSSR count). The molecule has 0 saturated heterocycles. The van der Waals surface area contributed by atoms with Crippen molar-refractivity contribution >= 4 is 0 Å². The van der Waals surface area contributed by atoms with Gasteiger partial charge in [-0.15, -0.1) is 0 Å². The van der Waals surface area contributed by atoms with E-state index in [0.717, 1.165) is 35.7 Å². The van der Waals surface area contributed by atoms with E-state index >= 15 is 0 Å². The second kappa shape index (κ2) is 5.73. The third kappa shape index (κ3) is 2.73. The summed E-state index contributed by atoms with van der Waals surface area (Å²) in [6.07, 6.45) is 5.63. The van der Waals surface area contributed by atoms with Gasteiger partial charge in [0.05, 0.1) is 31.1 Å². The van der Waals surface area contributed by atoms with Gasteiger partial charge in [-0.3, -0.25) is 4.98 Å². The molecule has 0 radical (unpaired) electrons. The minimum Gasteiger partial charge on any atom is -0.370 e. The quantitative estimate of drug-likeness (QED) is 0.924. The van der Waals surface area contributed by atoms with Gasteiger partial charge in [0.15, 0.2) is 0 Å². The zero-order chi connectivity index (χ0) is 13.9. The van der Waals surface area contributed by atoms with E-state index in [-0.39, 0.29) is 0 Å². The Hall–Kier alpha value is -1.72. The zero-order valence-electron chi connectivity index (χ0n) is 12.0. The number of aryl methyl sites for hydroxylation is 1. The molecule has 0 unspecified atom stereocenters. The topological polar surface area (TPSA) is 52.0 Å². The highest BCUT2D eigenvalue weighted by Gasteiger charge is 2.19. The number of hydrogen-bond acceptors (Lipinski definition) is 4. The molecule has 0 amide bonds. The van der Waals surface area contributed by atoms with Gasteiger partial charge in [0.1, 0.15) is 5.82 Å². The van der Waals surface area contributed by atoms with Crippen LogP contribution in [0, 0.1) is 6.92 Å². The molecule has 0 saturated carbocycles. The number of aromatic nitrogens is 3. The first-order valence-corrected chi connectivity index (χ1v) is 7.00. The summed E-state index contributed by atoms with van der Waals surface area (Å²) in [5.74, 6) is 1.10. The molecule has 2 aromatic rings. The number of nitrogens with one attached hydrogen (secondary N) is 1. The van der Waals surface area contributed by atoms with Crippen molar-refractivity contribution in [1.82, 2.24) is 19.9 Å². The summed E-state index contributed by atoms with van der Waals surface area (Å²) in [6, 6.07) is 2.42. The lowest BCUT2D eigenvalue weighted by molar-refractivity contribution is 0.101. The molecule has 0 spiro atoms. The Labute approximate surface area is 119 Å². The largest absolute Gasteiger partial charge is 0.370 e. The van der Waals surface area contributed by atoms with Crippen molar-refractivity contribution in [1.29, 1.82) is 0 Å². The SMILES string of the molecule is Cc1cncc(COCc2cnc3n2CCN[C@@H]3C)c1. The van der Waals surface area contributed by atoms with Gasteiger partial charge in [-0.1, -0.05) is 6.07 Å². The normalized spacial score (nSPS) is 18.0. The number of fused-ring (bicyclic) bond motifs is 1. The first kappa shape index (κ1) is 13.3. The van der Waals surface area contributed by atoms with Crippen molar-refractivity contribution in [2.75, 3.05) is 6.54 Å². The zero-order valence-corrected chi connectivity index (χ0v) is 12.0. The summed E-state index contributed by atoms with van der Waals surface area (Å²) in [5.41, 5.74) is 3.42. The highest BCUT2D eigenvalue weighted by molar-refractivity contribution is 5.16. The maximum Gasteiger partial charge on any atom is 0.125 e. The maximum atomic E-state index is 5.80. The van der Waals surface area contributed by atoms with E-state index < -0.39 is 0 Å². The van der Waals surface area contributed by atoms with E-state index in [1.165, 1.54) is 0 Å². The number of pyridine rings is 1. The Morgan fingerprint density at radius 3 is 3.10 bits per heavy atom. The van der Waals surface area contributed by atoms with E-state index in [4.69, 9.17) is 4.74 Å². The molecular weight excluding hydrogens is 252 g/mol. The van der Waals surface area contributed by atoms with Crippen LogP contribution in [-0.2, 0) is 24.5 Å². The standard InChI is InChI=1S/C15H20N4O/c1-11-5-13(7-16-6-11)9-20-10-14-8-18-15-12(2)17-3-4-19(14)15/h5-8,12,17H,3-4,9-10H2,1-2H3/t12-/m1/s1. The van der Waals surface area contributed by atoms with Crippen LogP contribution in [0.25, 0.3) is 0 Å². The second-order valence-electron chi connectivity index (χ2n) is 5.30. The molecule has 5 nitrogen and oxygen atoms in total. The minimum atomic E-state index is 0.318. The van der Waals surface area contributed by atoms with E-state index in [1.807, 2.05) is 25.5 Å². The van der Waals surface area contributed by atoms with Crippen molar-refractivity contribution in [2.24, 2.45) is 0 Å². The van der Waals surface area contributed by atoms with Crippen LogP contribution in [0.3, 0.4) is 0 Å². The van der Waals surface area contributed by atoms with Crippen LogP contribution in [0.1, 0.15) is 35.6 Å². The van der Waals surface area contributed by atoms with Gasteiger partial charge in [-0.2, -0.15) is 0 Å². The van der Waals surface area contributed by atoms with E-state index in [0.29, 0.717) is 19.3 Å². The fourth-order valence-electron chi connectivity index (χ4n) is 2.60. The summed E-state index contributed by atoms with van der Waals surface area (Å²) in [5, 5.41) is 3.41. The molecule has 2 aromatic heterocycles. The molecular formula is C15H20N4O. The predicted molar refractivity (Wildman–Crippen MR) is 76.1 cm³/mol. The number of imidazole rings is 1. The van der Waals surface area contributed by atoms with Crippen molar-refractivity contribution < 1.29 is 4.74 Å². The fourth-order valence-corrected chi connectivity index (χ4v) is 2.60. The molecule has 0 fully saturated rings. The van der Waals surface area contributed by atoms with Gasteiger partial charge >= 0.3 is 0 Å². The summed E-state index contributed by atoms with van der Waals surface area (Å²) < 4.78 is 8.06. The highest BCUT2D eigenvalue weighted by atomic mass is 16.5. The second-order valence-corrected chi connectivity index (χ2v) is 5.30. The highest BCUT2D eigenvalue weighted by Crippen LogP contribution is 2.18. The van der Waals surface area contributed by atoms with Crippen molar-refractivity contribution in [3.05, 3.63) is 47.3 Å². The van der Waals surface area contributed by atoms with E-state index in [2.05, 4.69) is 32.8 Å². The van der Waals surface area contributed by atoms with E-state index in [1.54, 1.807) is 0 Å². The minimum absolute atomic E-state index is 0.318. The summed E-state index contributed by atoms with van der Waals surface area (Å²) in [6.45, 7) is 7.31. The summed E-state index contributed by atoms with van der Waals surface area (Å²) >= 11 is 0. The van der Waals surface area contributed by atoms with Gasteiger partial charge < -0.3 is 14.6 Å². The molecule has 0 bridgehead atoms. The Kier molecular flexibility index (Phi) is 3.80. The molecule has 20 heavy (non-hydrogen) atoms. The average Bonchev–Trinajstić information content (AvgIpc) is 2.84. The van der Waals surface area contributed by atoms with Crippen LogP contribution in [0.4, 0.5) is 0 Å². The third-order valence-electron chi connectivity index (χ3n) is 3.59. The van der Waals surface area contributed by atoms with Crippen LogP contribution in [0.5, 0.6) is 0 Å². The van der Waals surface area contributed by atoms with E-state index in [9.17, 15) is 0 Å². The van der Waals surface area contributed by atoms with Crippen LogP contribution in [0.2, 0.25) is 0 Å². The number of rotatable bonds is 4. The van der Waals surface area contributed by atoms with Crippen molar-refractivity contribution in [3.63, 3.8) is 0 Å². The van der Waals surface area contributed by atoms with Crippen LogP contribution >= 0.6 is 0 Å².